The molecule has 2 atom stereocenters. The van der Waals surface area contributed by atoms with Crippen LogP contribution in [0.25, 0.3) is 11.1 Å². The highest BCUT2D eigenvalue weighted by atomic mass is 19.3. The number of rotatable bonds is 12. The highest BCUT2D eigenvalue weighted by Crippen LogP contribution is 2.52. The van der Waals surface area contributed by atoms with E-state index in [-0.39, 0.29) is 45.5 Å². The quantitative estimate of drug-likeness (QED) is 0.151. The molecule has 2 aliphatic rings. The third kappa shape index (κ3) is 7.61. The molecule has 2 aromatic carbocycles. The minimum atomic E-state index is -4.07. The summed E-state index contributed by atoms with van der Waals surface area (Å²) in [4.78, 5) is 34.6. The third-order valence-corrected chi connectivity index (χ3v) is 8.87. The van der Waals surface area contributed by atoms with Crippen LogP contribution in [0.3, 0.4) is 0 Å². The summed E-state index contributed by atoms with van der Waals surface area (Å²) in [5, 5.41) is 6.41. The molecule has 3 heterocycles. The summed E-state index contributed by atoms with van der Waals surface area (Å²) >= 11 is 0. The zero-order valence-electron chi connectivity index (χ0n) is 26.9. The van der Waals surface area contributed by atoms with Crippen LogP contribution in [0.1, 0.15) is 76.6 Å². The van der Waals surface area contributed by atoms with Crippen LogP contribution in [0, 0.1) is 17.5 Å². The number of fused-ring (bicyclic) bond motifs is 1. The van der Waals surface area contributed by atoms with Crippen molar-refractivity contribution in [3.05, 3.63) is 93.8 Å². The van der Waals surface area contributed by atoms with Crippen molar-refractivity contribution in [1.82, 2.24) is 19.7 Å². The van der Waals surface area contributed by atoms with Gasteiger partial charge in [0.1, 0.15) is 35.4 Å². The lowest BCUT2D eigenvalue weighted by atomic mass is 9.86. The maximum Gasteiger partial charge on any atom is 0.290 e. The molecule has 0 saturated carbocycles. The number of halogens is 9. The molecule has 0 spiro atoms. The van der Waals surface area contributed by atoms with E-state index in [1.165, 1.54) is 12.3 Å². The predicted octanol–water partition coefficient (Wildman–Crippen LogP) is 6.96. The van der Waals surface area contributed by atoms with Gasteiger partial charge in [0.05, 0.1) is 29.5 Å². The molecular weight excluding hydrogens is 711 g/mol. The first-order valence-electron chi connectivity index (χ1n) is 16.0. The molecular formula is C34H29F9N6O3. The molecule has 1 fully saturated rings. The van der Waals surface area contributed by atoms with Gasteiger partial charge >= 0.3 is 0 Å². The van der Waals surface area contributed by atoms with Crippen molar-refractivity contribution in [2.75, 3.05) is 18.5 Å². The van der Waals surface area contributed by atoms with Crippen LogP contribution in [0.5, 0.6) is 0 Å². The van der Waals surface area contributed by atoms with Crippen molar-refractivity contribution >= 4 is 17.6 Å². The van der Waals surface area contributed by atoms with E-state index in [4.69, 9.17) is 10.5 Å². The first-order chi connectivity index (χ1) is 24.5. The number of primary amides is 1. The van der Waals surface area contributed by atoms with Crippen LogP contribution in [0.15, 0.2) is 42.6 Å². The van der Waals surface area contributed by atoms with E-state index < -0.39 is 102 Å². The van der Waals surface area contributed by atoms with Gasteiger partial charge < -0.3 is 15.8 Å². The van der Waals surface area contributed by atoms with Gasteiger partial charge in [-0.1, -0.05) is 6.07 Å². The number of ketones is 1. The number of ether oxygens (including phenoxy) is 1. The molecule has 6 rings (SSSR count). The largest absolute Gasteiger partial charge is 0.379 e. The van der Waals surface area contributed by atoms with Crippen LogP contribution in [0.2, 0.25) is 0 Å². The zero-order chi connectivity index (χ0) is 37.5. The summed E-state index contributed by atoms with van der Waals surface area (Å²) in [6.45, 7) is -0.420. The van der Waals surface area contributed by atoms with Crippen molar-refractivity contribution < 1.29 is 53.8 Å². The number of aromatic nitrogens is 4. The van der Waals surface area contributed by atoms with Crippen LogP contribution >= 0.6 is 0 Å². The topological polar surface area (TPSA) is 125 Å². The summed E-state index contributed by atoms with van der Waals surface area (Å²) in [6, 6.07) is 5.61. The fraction of sp³-hybridized carbons (Fsp3) is 0.382. The van der Waals surface area contributed by atoms with Gasteiger partial charge in [0.2, 0.25) is 5.95 Å². The molecule has 276 valence electrons. The number of alkyl halides is 6. The standard InChI is InChI=1S/C34H29F9N6O3/c35-19-8-16(9-20(36)12-19)7-18(10-22(50)14-49-29-26(28(48-49)30(38)39)33(40,41)4-5-34(29,42)43)27-24(17-1-2-25(37)23(11-17)31(44)51)13-45-32(47-27)46-21-3-6-52-15-21/h1-2,8-9,11-13,18,21,30H,3-7,10,14-15H2,(H2,44,51)(H,45,46,47)/t18-,21?/m1/s1. The van der Waals surface area contributed by atoms with Gasteiger partial charge in [-0.15, -0.1) is 0 Å². The molecule has 1 unspecified atom stereocenters. The third-order valence-electron chi connectivity index (χ3n) is 8.87. The second-order valence-corrected chi connectivity index (χ2v) is 12.7. The number of nitrogens with two attached hydrogens (primary N) is 1. The number of Topliss-reactive ketones (excluding diaryl/α,β-unsaturated/α-hetero) is 1. The summed E-state index contributed by atoms with van der Waals surface area (Å²) < 4.78 is 136. The molecule has 3 N–H and O–H groups in total. The van der Waals surface area contributed by atoms with Crippen LogP contribution in [-0.2, 0) is 34.3 Å². The minimum absolute atomic E-state index is 0.00379. The fourth-order valence-electron chi connectivity index (χ4n) is 6.53. The summed E-state index contributed by atoms with van der Waals surface area (Å²) in [7, 11) is 0. The van der Waals surface area contributed by atoms with Gasteiger partial charge in [0, 0.05) is 49.6 Å². The molecule has 1 saturated heterocycles. The monoisotopic (exact) mass is 740 g/mol. The van der Waals surface area contributed by atoms with E-state index in [2.05, 4.69) is 20.4 Å². The number of anilines is 1. The molecule has 2 aromatic heterocycles. The molecule has 4 aromatic rings. The first-order valence-corrected chi connectivity index (χ1v) is 16.0. The smallest absolute Gasteiger partial charge is 0.290 e. The lowest BCUT2D eigenvalue weighted by Gasteiger charge is -2.29. The Labute approximate surface area is 289 Å². The molecule has 0 bridgehead atoms. The van der Waals surface area contributed by atoms with Gasteiger partial charge in [-0.05, 0) is 48.2 Å². The van der Waals surface area contributed by atoms with E-state index in [0.717, 1.165) is 24.3 Å². The summed E-state index contributed by atoms with van der Waals surface area (Å²) in [5.74, 6) is -14.3. The Bertz CT molecular complexity index is 2000. The number of carbonyl (C=O) groups is 2. The lowest BCUT2D eigenvalue weighted by Crippen LogP contribution is -2.33. The van der Waals surface area contributed by atoms with E-state index in [0.29, 0.717) is 25.7 Å². The molecule has 1 aliphatic heterocycles. The SMILES string of the molecule is NC(=O)c1cc(-c2cnc(NC3CCOC3)nc2[C@@H](CC(=O)Cn2nc(C(F)F)c3c2C(F)(F)CCC3(F)F)Cc2cc(F)cc(F)c2)ccc1F. The molecule has 1 aliphatic carbocycles. The Balaban J connectivity index is 1.45. The summed E-state index contributed by atoms with van der Waals surface area (Å²) in [6.07, 6.45) is -5.64. The number of hydrogen-bond donors (Lipinski definition) is 2. The number of amides is 1. The van der Waals surface area contributed by atoms with E-state index in [1.54, 1.807) is 0 Å². The second-order valence-electron chi connectivity index (χ2n) is 12.7. The number of benzene rings is 2. The average Bonchev–Trinajstić information content (AvgIpc) is 3.72. The van der Waals surface area contributed by atoms with Crippen LogP contribution < -0.4 is 11.1 Å². The van der Waals surface area contributed by atoms with Gasteiger partial charge in [-0.3, -0.25) is 14.3 Å². The Hall–Kier alpha value is -5.00. The zero-order valence-corrected chi connectivity index (χ0v) is 26.9. The lowest BCUT2D eigenvalue weighted by molar-refractivity contribution is -0.121. The molecule has 18 heteroatoms. The number of carbonyl (C=O) groups excluding carboxylic acids is 2. The first kappa shape index (κ1) is 36.8. The fourth-order valence-corrected chi connectivity index (χ4v) is 6.53. The number of nitrogens with one attached hydrogen (secondary N) is 1. The molecule has 0 radical (unpaired) electrons. The van der Waals surface area contributed by atoms with E-state index >= 15 is 8.78 Å². The maximum absolute atomic E-state index is 15.1. The highest BCUT2D eigenvalue weighted by Gasteiger charge is 2.55. The van der Waals surface area contributed by atoms with Crippen molar-refractivity contribution in [3.63, 3.8) is 0 Å². The minimum Gasteiger partial charge on any atom is -0.379 e. The Morgan fingerprint density at radius 3 is 2.37 bits per heavy atom. The predicted molar refractivity (Wildman–Crippen MR) is 165 cm³/mol. The van der Waals surface area contributed by atoms with Crippen LogP contribution in [0.4, 0.5) is 45.5 Å². The number of hydrogen-bond acceptors (Lipinski definition) is 7. The molecule has 9 nitrogen and oxygen atoms in total. The summed E-state index contributed by atoms with van der Waals surface area (Å²) in [5.41, 5.74) is 0.372. The Morgan fingerprint density at radius 2 is 1.71 bits per heavy atom. The van der Waals surface area contributed by atoms with Crippen molar-refractivity contribution in [3.8, 4) is 11.1 Å². The molecule has 52 heavy (non-hydrogen) atoms. The van der Waals surface area contributed by atoms with Gasteiger partial charge in [0.25, 0.3) is 24.2 Å². The van der Waals surface area contributed by atoms with E-state index in [9.17, 15) is 40.3 Å². The normalized spacial score (nSPS) is 18.3. The van der Waals surface area contributed by atoms with Crippen LogP contribution in [-0.4, -0.2) is 50.7 Å². The van der Waals surface area contributed by atoms with Crippen molar-refractivity contribution in [2.45, 2.75) is 68.9 Å². The highest BCUT2D eigenvalue weighted by molar-refractivity contribution is 5.94. The Morgan fingerprint density at radius 1 is 1.00 bits per heavy atom. The van der Waals surface area contributed by atoms with E-state index in [1.807, 2.05) is 0 Å². The second kappa shape index (κ2) is 14.2. The van der Waals surface area contributed by atoms with Crippen molar-refractivity contribution in [1.29, 1.82) is 0 Å². The maximum atomic E-state index is 15.1. The van der Waals surface area contributed by atoms with Gasteiger partial charge in [-0.25, -0.2) is 40.7 Å². The average molecular weight is 741 g/mol. The molecule has 1 amide bonds. The Kier molecular flexibility index (Phi) is 10.0. The van der Waals surface area contributed by atoms with Gasteiger partial charge in [-0.2, -0.15) is 13.9 Å². The van der Waals surface area contributed by atoms with Gasteiger partial charge in [0.15, 0.2) is 5.78 Å². The number of nitrogens with zero attached hydrogens (tertiary/aromatic N) is 4. The van der Waals surface area contributed by atoms with Crippen molar-refractivity contribution in [2.24, 2.45) is 5.73 Å².